The molecule has 92 valence electrons. The smallest absolute Gasteiger partial charge is 0.748 e. The topological polar surface area (TPSA) is 114 Å². The summed E-state index contributed by atoms with van der Waals surface area (Å²) in [4.78, 5) is 0. The van der Waals surface area contributed by atoms with Crippen molar-refractivity contribution in [3.8, 4) is 0 Å². The van der Waals surface area contributed by atoms with Crippen LogP contribution in [-0.4, -0.2) is 36.9 Å². The van der Waals surface area contributed by atoms with E-state index in [0.29, 0.717) is 6.42 Å². The summed E-state index contributed by atoms with van der Waals surface area (Å²) in [5.41, 5.74) is 0. The van der Waals surface area contributed by atoms with Crippen LogP contribution in [0.25, 0.3) is 0 Å². The minimum Gasteiger partial charge on any atom is -0.748 e. The molecule has 1 unspecified atom stereocenters. The monoisotopic (exact) mass is 348 g/mol. The van der Waals surface area contributed by atoms with Crippen LogP contribution < -0.4 is 118 Å². The largest absolute Gasteiger partial charge is 1.00 e. The molecule has 12 heteroatoms. The number of rotatable bonds is 7. The minimum absolute atomic E-state index is 0. The van der Waals surface area contributed by atoms with Crippen LogP contribution in [0.4, 0.5) is 0 Å². The predicted molar refractivity (Wildman–Crippen MR) is 51.6 cm³/mol. The summed E-state index contributed by atoms with van der Waals surface area (Å²) in [5.74, 6) is -0.843. The Bertz CT molecular complexity index is 382. The van der Waals surface area contributed by atoms with Crippen LogP contribution >= 0.6 is 0 Å². The van der Waals surface area contributed by atoms with Crippen molar-refractivity contribution in [2.75, 3.05) is 5.75 Å². The minimum atomic E-state index is -4.57. The van der Waals surface area contributed by atoms with Crippen molar-refractivity contribution in [2.45, 2.75) is 24.5 Å². The Balaban J connectivity index is -0.000000163. The number of hydrogen-bond donors (Lipinski definition) is 0. The van der Waals surface area contributed by atoms with Crippen LogP contribution in [0.3, 0.4) is 0 Å². The second kappa shape index (κ2) is 16.7. The zero-order chi connectivity index (χ0) is 12.1. The molecule has 0 saturated carbocycles. The van der Waals surface area contributed by atoms with E-state index in [-0.39, 0.29) is 125 Å². The Hall–Kier alpha value is 3.82. The summed E-state index contributed by atoms with van der Waals surface area (Å²) in [6, 6.07) is 0. The quantitative estimate of drug-likeness (QED) is 0.256. The van der Waals surface area contributed by atoms with Gasteiger partial charge in [-0.3, -0.25) is 0 Å². The fraction of sp³-hybridized carbons (Fsp3) is 0.714. The summed E-state index contributed by atoms with van der Waals surface area (Å²) in [6.45, 7) is 3.42. The third-order valence-electron chi connectivity index (χ3n) is 1.73. The van der Waals surface area contributed by atoms with E-state index in [1.54, 1.807) is 0 Å². The fourth-order valence-electron chi connectivity index (χ4n) is 0.960. The van der Waals surface area contributed by atoms with Crippen molar-refractivity contribution in [1.29, 1.82) is 0 Å². The van der Waals surface area contributed by atoms with Crippen molar-refractivity contribution < 1.29 is 144 Å². The first-order valence-electron chi connectivity index (χ1n) is 4.16. The first kappa shape index (κ1) is 34.2. The van der Waals surface area contributed by atoms with Gasteiger partial charge in [-0.2, -0.15) is 6.42 Å². The van der Waals surface area contributed by atoms with Crippen LogP contribution in [0.2, 0.25) is 0 Å². The molecule has 0 aliphatic heterocycles. The van der Waals surface area contributed by atoms with Gasteiger partial charge >= 0.3 is 118 Å². The second-order valence-electron chi connectivity index (χ2n) is 2.98. The van der Waals surface area contributed by atoms with Crippen molar-refractivity contribution >= 4 is 20.2 Å². The molecule has 19 heavy (non-hydrogen) atoms. The summed E-state index contributed by atoms with van der Waals surface area (Å²) in [5, 5.41) is -1.36. The molecule has 0 aromatic heterocycles. The molecule has 0 aromatic carbocycles. The van der Waals surface area contributed by atoms with Gasteiger partial charge < -0.3 is 28.9 Å². The molecule has 0 amide bonds. The van der Waals surface area contributed by atoms with E-state index in [1.807, 2.05) is 0 Å². The molecular formula is C7H12Na4O6S2. The molecule has 0 radical (unpaired) electrons. The van der Waals surface area contributed by atoms with Gasteiger partial charge in [0.15, 0.2) is 0 Å². The maximum atomic E-state index is 10.7. The molecule has 0 aliphatic rings. The van der Waals surface area contributed by atoms with Gasteiger partial charge in [0.05, 0.1) is 20.2 Å². The molecule has 0 heterocycles. The standard InChI is InChI=1S/C7H14O6S2.4Na/c1-2-3-4-7(15(11,12)13)5-6-14(8,9)10;;;;/h3,7H,1-2,4-6H2,(H,8,9,10)(H,11,12,13);;;;/q-2;4*+1/p-2. The van der Waals surface area contributed by atoms with Gasteiger partial charge in [0.25, 0.3) is 0 Å². The van der Waals surface area contributed by atoms with Gasteiger partial charge in [-0.15, -0.1) is 0 Å². The molecule has 0 rings (SSSR count). The van der Waals surface area contributed by atoms with Crippen molar-refractivity contribution in [3.63, 3.8) is 0 Å². The van der Waals surface area contributed by atoms with Gasteiger partial charge in [0, 0.05) is 11.0 Å². The average molecular weight is 348 g/mol. The molecule has 0 aliphatic carbocycles. The Morgan fingerprint density at radius 3 is 1.68 bits per heavy atom. The molecule has 0 saturated heterocycles. The average Bonchev–Trinajstić information content (AvgIpc) is 1.99. The summed E-state index contributed by atoms with van der Waals surface area (Å²) >= 11 is 0. The zero-order valence-electron chi connectivity index (χ0n) is 12.0. The number of hydrogen-bond acceptors (Lipinski definition) is 6. The summed E-state index contributed by atoms with van der Waals surface area (Å²) < 4.78 is 62.8. The molecule has 6 nitrogen and oxygen atoms in total. The van der Waals surface area contributed by atoms with Crippen LogP contribution in [0.15, 0.2) is 0 Å². The van der Waals surface area contributed by atoms with Gasteiger partial charge in [0.1, 0.15) is 0 Å². The summed E-state index contributed by atoms with van der Waals surface area (Å²) in [6.07, 6.45) is 1.24. The normalized spacial score (nSPS) is 11.9. The van der Waals surface area contributed by atoms with Crippen LogP contribution in [-0.2, 0) is 20.2 Å². The maximum absolute atomic E-state index is 10.7. The van der Waals surface area contributed by atoms with Crippen molar-refractivity contribution in [2.24, 2.45) is 0 Å². The fourth-order valence-corrected chi connectivity index (χ4v) is 2.46. The van der Waals surface area contributed by atoms with Crippen LogP contribution in [0.1, 0.15) is 19.3 Å². The van der Waals surface area contributed by atoms with Gasteiger partial charge in [-0.25, -0.2) is 16.8 Å². The third kappa shape index (κ3) is 21.8. The van der Waals surface area contributed by atoms with Crippen LogP contribution in [0, 0.1) is 13.3 Å². The van der Waals surface area contributed by atoms with E-state index < -0.39 is 37.7 Å². The van der Waals surface area contributed by atoms with Crippen molar-refractivity contribution in [3.05, 3.63) is 13.3 Å². The maximum Gasteiger partial charge on any atom is 1.00 e. The van der Waals surface area contributed by atoms with E-state index in [1.165, 1.54) is 6.42 Å². The summed E-state index contributed by atoms with van der Waals surface area (Å²) in [7, 11) is -9.06. The molecule has 0 bridgehead atoms. The Morgan fingerprint density at radius 1 is 1.00 bits per heavy atom. The molecule has 0 aromatic rings. The molecule has 0 spiro atoms. The molecule has 0 N–H and O–H groups in total. The van der Waals surface area contributed by atoms with E-state index in [0.717, 1.165) is 0 Å². The number of unbranched alkanes of at least 4 members (excludes halogenated alkanes) is 1. The van der Waals surface area contributed by atoms with E-state index >= 15 is 0 Å². The van der Waals surface area contributed by atoms with Gasteiger partial charge in [0.2, 0.25) is 0 Å². The van der Waals surface area contributed by atoms with Gasteiger partial charge in [-0.1, -0.05) is 0 Å². The van der Waals surface area contributed by atoms with E-state index in [9.17, 15) is 25.9 Å². The molecular weight excluding hydrogens is 336 g/mol. The van der Waals surface area contributed by atoms with E-state index in [4.69, 9.17) is 0 Å². The predicted octanol–water partition coefficient (Wildman–Crippen LogP) is -12.3. The first-order chi connectivity index (χ1) is 6.67. The molecule has 1 atom stereocenters. The second-order valence-corrected chi connectivity index (χ2v) is 6.15. The first-order valence-corrected chi connectivity index (χ1v) is 7.21. The Labute approximate surface area is 204 Å². The van der Waals surface area contributed by atoms with Crippen LogP contribution in [0.5, 0.6) is 0 Å². The molecule has 0 fully saturated rings. The Morgan fingerprint density at radius 2 is 1.42 bits per heavy atom. The van der Waals surface area contributed by atoms with E-state index in [2.05, 4.69) is 6.92 Å². The third-order valence-corrected chi connectivity index (χ3v) is 3.71. The SMILES string of the molecule is [CH2-]C[CH-]CC(CCS(=O)(=O)[O-])S(=O)(=O)[O-].[Na+].[Na+].[Na+].[Na+]. The van der Waals surface area contributed by atoms with Gasteiger partial charge in [-0.05, 0) is 6.42 Å². The Kier molecular flexibility index (Phi) is 30.0. The van der Waals surface area contributed by atoms with Crippen molar-refractivity contribution in [1.82, 2.24) is 0 Å². The zero-order valence-corrected chi connectivity index (χ0v) is 21.6.